The summed E-state index contributed by atoms with van der Waals surface area (Å²) in [6.45, 7) is 8.56. The first kappa shape index (κ1) is 21.8. The lowest BCUT2D eigenvalue weighted by Crippen LogP contribution is -2.35. The highest BCUT2D eigenvalue weighted by atomic mass is 16.5. The minimum atomic E-state index is -0.392. The summed E-state index contributed by atoms with van der Waals surface area (Å²) in [5, 5.41) is 5.38. The van der Waals surface area contributed by atoms with E-state index in [-0.39, 0.29) is 5.91 Å². The second-order valence-electron chi connectivity index (χ2n) is 8.15. The molecule has 4 rings (SSSR count). The highest BCUT2D eigenvalue weighted by molar-refractivity contribution is 6.05. The fraction of sp³-hybridized carbons (Fsp3) is 0.417. The molecule has 0 atom stereocenters. The number of amides is 1. The van der Waals surface area contributed by atoms with E-state index in [2.05, 4.69) is 15.0 Å². The molecule has 0 spiro atoms. The Balaban J connectivity index is 1.68. The normalized spacial score (nSPS) is 14.5. The van der Waals surface area contributed by atoms with Crippen LogP contribution >= 0.6 is 0 Å². The molecule has 32 heavy (non-hydrogen) atoms. The molecule has 0 unspecified atom stereocenters. The first-order valence-electron chi connectivity index (χ1n) is 11.0. The third-order valence-electron chi connectivity index (χ3n) is 5.86. The lowest BCUT2D eigenvalue weighted by atomic mass is 10.1. The number of benzene rings is 1. The van der Waals surface area contributed by atoms with Gasteiger partial charge in [-0.1, -0.05) is 17.7 Å². The van der Waals surface area contributed by atoms with Crippen molar-refractivity contribution in [2.24, 2.45) is 7.05 Å². The fourth-order valence-electron chi connectivity index (χ4n) is 4.38. The first-order valence-corrected chi connectivity index (χ1v) is 11.0. The molecule has 8 nitrogen and oxygen atoms in total. The summed E-state index contributed by atoms with van der Waals surface area (Å²) in [5.74, 6) is -0.351. The van der Waals surface area contributed by atoms with E-state index in [1.54, 1.807) is 17.8 Å². The lowest BCUT2D eigenvalue weighted by molar-refractivity contribution is 0.0526. The number of carbonyl (C=O) groups is 2. The summed E-state index contributed by atoms with van der Waals surface area (Å²) in [7, 11) is 1.85. The zero-order chi connectivity index (χ0) is 22.8. The Labute approximate surface area is 187 Å². The van der Waals surface area contributed by atoms with Crippen molar-refractivity contribution in [1.82, 2.24) is 19.7 Å². The van der Waals surface area contributed by atoms with E-state index in [4.69, 9.17) is 4.74 Å². The molecule has 168 valence electrons. The number of fused-ring (bicyclic) bond motifs is 1. The fourth-order valence-corrected chi connectivity index (χ4v) is 4.38. The SMILES string of the molecule is CCOC(=O)c1cnc2c(c(C)nn2C)c1N1CCCN(C(=O)c2cccc(C)c2)CC1. The predicted molar refractivity (Wildman–Crippen MR) is 123 cm³/mol. The molecule has 1 amide bonds. The molecule has 8 heteroatoms. The van der Waals surface area contributed by atoms with Gasteiger partial charge < -0.3 is 14.5 Å². The molecule has 0 N–H and O–H groups in total. The summed E-state index contributed by atoms with van der Waals surface area (Å²) in [4.78, 5) is 34.4. The van der Waals surface area contributed by atoms with Gasteiger partial charge in [-0.3, -0.25) is 9.48 Å². The smallest absolute Gasteiger partial charge is 0.341 e. The van der Waals surface area contributed by atoms with Crippen LogP contribution in [-0.2, 0) is 11.8 Å². The number of ether oxygens (including phenoxy) is 1. The minimum absolute atomic E-state index is 0.0404. The summed E-state index contributed by atoms with van der Waals surface area (Å²) >= 11 is 0. The number of carbonyl (C=O) groups excluding carboxylic acids is 2. The lowest BCUT2D eigenvalue weighted by Gasteiger charge is -2.26. The molecule has 3 aromatic rings. The van der Waals surface area contributed by atoms with E-state index in [0.29, 0.717) is 37.4 Å². The van der Waals surface area contributed by atoms with Gasteiger partial charge in [0.1, 0.15) is 5.56 Å². The maximum atomic E-state index is 13.1. The Bertz CT molecular complexity index is 1170. The van der Waals surface area contributed by atoms with Crippen molar-refractivity contribution in [1.29, 1.82) is 0 Å². The van der Waals surface area contributed by atoms with Crippen molar-refractivity contribution in [2.45, 2.75) is 27.2 Å². The Hall–Kier alpha value is -3.42. The van der Waals surface area contributed by atoms with Crippen molar-refractivity contribution in [2.75, 3.05) is 37.7 Å². The van der Waals surface area contributed by atoms with E-state index in [9.17, 15) is 9.59 Å². The van der Waals surface area contributed by atoms with Crippen LogP contribution in [0.2, 0.25) is 0 Å². The Morgan fingerprint density at radius 2 is 1.94 bits per heavy atom. The molecule has 0 radical (unpaired) electrons. The number of pyridine rings is 1. The van der Waals surface area contributed by atoms with Gasteiger partial charge in [-0.15, -0.1) is 0 Å². The minimum Gasteiger partial charge on any atom is -0.462 e. The number of nitrogens with zero attached hydrogens (tertiary/aromatic N) is 5. The number of anilines is 1. The second kappa shape index (κ2) is 8.98. The van der Waals surface area contributed by atoms with E-state index in [1.165, 1.54) is 0 Å². The number of aryl methyl sites for hydroxylation is 3. The quantitative estimate of drug-likeness (QED) is 0.586. The molecule has 0 saturated carbocycles. The van der Waals surface area contributed by atoms with Crippen LogP contribution in [0.5, 0.6) is 0 Å². The zero-order valence-corrected chi connectivity index (χ0v) is 19.1. The molecule has 1 aromatic carbocycles. The summed E-state index contributed by atoms with van der Waals surface area (Å²) in [6.07, 6.45) is 2.38. The summed E-state index contributed by atoms with van der Waals surface area (Å²) in [5.41, 5.74) is 4.55. The highest BCUT2D eigenvalue weighted by Gasteiger charge is 2.27. The van der Waals surface area contributed by atoms with Crippen molar-refractivity contribution in [3.05, 3.63) is 52.8 Å². The molecular weight excluding hydrogens is 406 g/mol. The molecule has 0 bridgehead atoms. The van der Waals surface area contributed by atoms with Gasteiger partial charge in [-0.2, -0.15) is 5.10 Å². The molecule has 3 heterocycles. The Morgan fingerprint density at radius 1 is 1.12 bits per heavy atom. The van der Waals surface area contributed by atoms with Gasteiger partial charge in [0.2, 0.25) is 0 Å². The molecule has 2 aromatic heterocycles. The highest BCUT2D eigenvalue weighted by Crippen LogP contribution is 2.33. The number of esters is 1. The van der Waals surface area contributed by atoms with Crippen LogP contribution in [-0.4, -0.2) is 64.3 Å². The van der Waals surface area contributed by atoms with Crippen LogP contribution in [0.15, 0.2) is 30.5 Å². The van der Waals surface area contributed by atoms with E-state index in [0.717, 1.165) is 40.9 Å². The third-order valence-corrected chi connectivity index (χ3v) is 5.86. The van der Waals surface area contributed by atoms with Crippen LogP contribution in [0, 0.1) is 13.8 Å². The van der Waals surface area contributed by atoms with E-state index < -0.39 is 5.97 Å². The summed E-state index contributed by atoms with van der Waals surface area (Å²) < 4.78 is 7.05. The average Bonchev–Trinajstić information content (AvgIpc) is 2.94. The topological polar surface area (TPSA) is 80.6 Å². The average molecular weight is 436 g/mol. The Kier molecular flexibility index (Phi) is 6.12. The molecule has 1 fully saturated rings. The molecule has 1 saturated heterocycles. The van der Waals surface area contributed by atoms with E-state index in [1.807, 2.05) is 50.1 Å². The van der Waals surface area contributed by atoms with Crippen molar-refractivity contribution < 1.29 is 14.3 Å². The molecule has 1 aliphatic rings. The van der Waals surface area contributed by atoms with Gasteiger partial charge in [0.15, 0.2) is 5.65 Å². The van der Waals surface area contributed by atoms with Crippen molar-refractivity contribution in [3.63, 3.8) is 0 Å². The van der Waals surface area contributed by atoms with Crippen molar-refractivity contribution in [3.8, 4) is 0 Å². The largest absolute Gasteiger partial charge is 0.462 e. The number of hydrogen-bond donors (Lipinski definition) is 0. The number of aromatic nitrogens is 3. The number of rotatable bonds is 4. The standard InChI is InChI=1S/C24H29N5O3/c1-5-32-24(31)19-15-25-22-20(17(3)26-27(22)4)21(19)28-10-7-11-29(13-12-28)23(30)18-9-6-8-16(2)14-18/h6,8-9,14-15H,5,7,10-13H2,1-4H3. The number of hydrogen-bond acceptors (Lipinski definition) is 6. The summed E-state index contributed by atoms with van der Waals surface area (Å²) in [6, 6.07) is 7.69. The second-order valence-corrected chi connectivity index (χ2v) is 8.15. The van der Waals surface area contributed by atoms with Crippen LogP contribution in [0.4, 0.5) is 5.69 Å². The van der Waals surface area contributed by atoms with Gasteiger partial charge in [-0.25, -0.2) is 9.78 Å². The van der Waals surface area contributed by atoms with Crippen LogP contribution in [0.1, 0.15) is 45.3 Å². The molecular formula is C24H29N5O3. The van der Waals surface area contributed by atoms with Gasteiger partial charge >= 0.3 is 5.97 Å². The first-order chi connectivity index (χ1) is 15.4. The monoisotopic (exact) mass is 435 g/mol. The van der Waals surface area contributed by atoms with Crippen LogP contribution < -0.4 is 4.90 Å². The maximum Gasteiger partial charge on any atom is 0.341 e. The van der Waals surface area contributed by atoms with Crippen LogP contribution in [0.3, 0.4) is 0 Å². The molecule has 1 aliphatic heterocycles. The van der Waals surface area contributed by atoms with Crippen molar-refractivity contribution >= 4 is 28.6 Å². The van der Waals surface area contributed by atoms with Crippen LogP contribution in [0.25, 0.3) is 11.0 Å². The maximum absolute atomic E-state index is 13.1. The molecule has 0 aliphatic carbocycles. The Morgan fingerprint density at radius 3 is 2.69 bits per heavy atom. The van der Waals surface area contributed by atoms with Gasteiger partial charge in [0.05, 0.1) is 23.4 Å². The zero-order valence-electron chi connectivity index (χ0n) is 19.1. The van der Waals surface area contributed by atoms with Gasteiger partial charge in [0, 0.05) is 45.0 Å². The predicted octanol–water partition coefficient (Wildman–Crippen LogP) is 3.11. The third kappa shape index (κ3) is 4.04. The van der Waals surface area contributed by atoms with E-state index >= 15 is 0 Å². The van der Waals surface area contributed by atoms with Gasteiger partial charge in [0.25, 0.3) is 5.91 Å². The van der Waals surface area contributed by atoms with Gasteiger partial charge in [-0.05, 0) is 39.3 Å².